The van der Waals surface area contributed by atoms with E-state index in [-0.39, 0.29) is 29.9 Å². The van der Waals surface area contributed by atoms with E-state index in [2.05, 4.69) is 33.7 Å². The summed E-state index contributed by atoms with van der Waals surface area (Å²) in [6, 6.07) is 21.5. The summed E-state index contributed by atoms with van der Waals surface area (Å²) in [4.78, 5) is 57.7. The standard InChI is InChI=1S/C45H54N4O6/c1-5-54-38(50)24-19-30-17-21-33(22-18-30)46-42(52)45(25-11-12-26-45)47-41(51)32-20-23-34-37(29-32)48-27-28-49(43(53)55-44(2,3)4)36-16-10-9-15-35(36)40(48)39(34)31-13-7-6-8-14-31/h9-10,15-24,29,31,39-40H,5-8,11-14,25-28H2,1-4H3,(H,46,52)(H,47,51)/b24-19+. The lowest BCUT2D eigenvalue weighted by Crippen LogP contribution is -2.55. The maximum atomic E-state index is 14.2. The number of fused-ring (bicyclic) bond motifs is 5. The number of benzene rings is 3. The van der Waals surface area contributed by atoms with Crippen LogP contribution in [-0.4, -0.2) is 54.7 Å². The number of anilines is 3. The van der Waals surface area contributed by atoms with E-state index >= 15 is 0 Å². The Morgan fingerprint density at radius 1 is 0.855 bits per heavy atom. The molecule has 10 heteroatoms. The number of nitrogens with zero attached hydrogens (tertiary/aromatic N) is 2. The third-order valence-electron chi connectivity index (χ3n) is 11.6. The van der Waals surface area contributed by atoms with Crippen molar-refractivity contribution in [3.05, 3.63) is 95.1 Å². The van der Waals surface area contributed by atoms with Gasteiger partial charge < -0.3 is 25.0 Å². The van der Waals surface area contributed by atoms with Crippen LogP contribution in [0.1, 0.15) is 124 Å². The van der Waals surface area contributed by atoms with Gasteiger partial charge in [-0.3, -0.25) is 14.5 Å². The first-order valence-corrected chi connectivity index (χ1v) is 20.1. The lowest BCUT2D eigenvalue weighted by Gasteiger charge is -2.35. The van der Waals surface area contributed by atoms with Gasteiger partial charge in [0.1, 0.15) is 11.1 Å². The maximum Gasteiger partial charge on any atom is 0.414 e. The van der Waals surface area contributed by atoms with Gasteiger partial charge in [-0.1, -0.05) is 68.5 Å². The molecular weight excluding hydrogens is 693 g/mol. The van der Waals surface area contributed by atoms with Gasteiger partial charge in [0.15, 0.2) is 0 Å². The lowest BCUT2D eigenvalue weighted by molar-refractivity contribution is -0.137. The van der Waals surface area contributed by atoms with Gasteiger partial charge in [0.25, 0.3) is 5.91 Å². The first-order chi connectivity index (χ1) is 26.5. The van der Waals surface area contributed by atoms with Crippen LogP contribution < -0.4 is 20.4 Å². The zero-order valence-electron chi connectivity index (χ0n) is 32.6. The Bertz CT molecular complexity index is 1940. The fourth-order valence-corrected chi connectivity index (χ4v) is 9.13. The highest BCUT2D eigenvalue weighted by atomic mass is 16.6. The second-order valence-electron chi connectivity index (χ2n) is 16.4. The molecule has 55 heavy (non-hydrogen) atoms. The second-order valence-corrected chi connectivity index (χ2v) is 16.4. The van der Waals surface area contributed by atoms with Crippen molar-refractivity contribution >= 4 is 47.0 Å². The highest BCUT2D eigenvalue weighted by Gasteiger charge is 2.47. The number of hydrogen-bond acceptors (Lipinski definition) is 7. The number of amides is 3. The molecule has 2 saturated carbocycles. The van der Waals surface area contributed by atoms with Gasteiger partial charge in [-0.05, 0) is 112 Å². The minimum absolute atomic E-state index is 0.0130. The van der Waals surface area contributed by atoms with E-state index in [1.165, 1.54) is 30.9 Å². The SMILES string of the molecule is CCOC(=O)/C=C/c1ccc(NC(=O)C2(NC(=O)c3ccc4c(c3)N3CCN(C(=O)OC(C)(C)C)c5ccccc5C3C4C3CCCCC3)CCCC2)cc1. The first-order valence-electron chi connectivity index (χ1n) is 20.1. The monoisotopic (exact) mass is 746 g/mol. The van der Waals surface area contributed by atoms with Gasteiger partial charge in [-0.2, -0.15) is 0 Å². The average molecular weight is 747 g/mol. The summed E-state index contributed by atoms with van der Waals surface area (Å²) in [5.74, 6) is -0.226. The van der Waals surface area contributed by atoms with E-state index in [0.717, 1.165) is 48.2 Å². The molecule has 290 valence electrons. The zero-order valence-corrected chi connectivity index (χ0v) is 32.6. The molecule has 2 N–H and O–H groups in total. The minimum Gasteiger partial charge on any atom is -0.463 e. The molecule has 2 aliphatic carbocycles. The van der Waals surface area contributed by atoms with Crippen LogP contribution in [0.2, 0.25) is 0 Å². The third kappa shape index (κ3) is 8.14. The molecule has 3 aromatic carbocycles. The molecule has 7 rings (SSSR count). The smallest absolute Gasteiger partial charge is 0.414 e. The van der Waals surface area contributed by atoms with E-state index in [4.69, 9.17) is 9.47 Å². The Kier molecular flexibility index (Phi) is 11.1. The van der Waals surface area contributed by atoms with Crippen molar-refractivity contribution in [1.29, 1.82) is 0 Å². The summed E-state index contributed by atoms with van der Waals surface area (Å²) in [5.41, 5.74) is 4.51. The summed E-state index contributed by atoms with van der Waals surface area (Å²) < 4.78 is 10.9. The maximum absolute atomic E-state index is 14.2. The molecule has 2 fully saturated rings. The normalized spacial score (nSPS) is 20.6. The van der Waals surface area contributed by atoms with Crippen LogP contribution in [0.25, 0.3) is 6.08 Å². The molecule has 3 amide bonds. The number of esters is 1. The van der Waals surface area contributed by atoms with Crippen molar-refractivity contribution in [3.63, 3.8) is 0 Å². The summed E-state index contributed by atoms with van der Waals surface area (Å²) in [6.45, 7) is 8.77. The largest absolute Gasteiger partial charge is 0.463 e. The summed E-state index contributed by atoms with van der Waals surface area (Å²) >= 11 is 0. The lowest BCUT2D eigenvalue weighted by atomic mass is 9.73. The molecule has 2 heterocycles. The first kappa shape index (κ1) is 38.2. The van der Waals surface area contributed by atoms with Crippen LogP contribution in [-0.2, 0) is 19.1 Å². The number of nitrogens with one attached hydrogen (secondary N) is 2. The van der Waals surface area contributed by atoms with Crippen molar-refractivity contribution in [1.82, 2.24) is 5.32 Å². The molecule has 2 unspecified atom stereocenters. The quantitative estimate of drug-likeness (QED) is 0.175. The number of para-hydroxylation sites is 1. The van der Waals surface area contributed by atoms with E-state index in [0.29, 0.717) is 49.7 Å². The van der Waals surface area contributed by atoms with Crippen molar-refractivity contribution < 1.29 is 28.7 Å². The number of carbonyl (C=O) groups excluding carboxylic acids is 4. The second kappa shape index (κ2) is 15.9. The van der Waals surface area contributed by atoms with Crippen molar-refractivity contribution in [2.24, 2.45) is 5.92 Å². The van der Waals surface area contributed by atoms with Gasteiger partial charge in [0.05, 0.1) is 18.3 Å². The molecule has 3 aromatic rings. The van der Waals surface area contributed by atoms with E-state index in [9.17, 15) is 19.2 Å². The van der Waals surface area contributed by atoms with E-state index in [1.807, 2.05) is 57.2 Å². The van der Waals surface area contributed by atoms with Gasteiger partial charge in [0.2, 0.25) is 5.91 Å². The van der Waals surface area contributed by atoms with Crippen LogP contribution in [0, 0.1) is 5.92 Å². The number of rotatable bonds is 8. The molecular formula is C45H54N4O6. The zero-order chi connectivity index (χ0) is 38.7. The Hall–Kier alpha value is -5.12. The highest BCUT2D eigenvalue weighted by molar-refractivity contribution is 6.04. The Morgan fingerprint density at radius 2 is 1.58 bits per heavy atom. The molecule has 2 atom stereocenters. The molecule has 2 aliphatic heterocycles. The fourth-order valence-electron chi connectivity index (χ4n) is 9.13. The Balaban J connectivity index is 1.15. The molecule has 4 aliphatic rings. The number of hydrogen-bond donors (Lipinski definition) is 2. The molecule has 10 nitrogen and oxygen atoms in total. The molecule has 0 bridgehead atoms. The van der Waals surface area contributed by atoms with Crippen molar-refractivity contribution in [3.8, 4) is 0 Å². The molecule has 0 aromatic heterocycles. The minimum atomic E-state index is -1.04. The highest BCUT2D eigenvalue weighted by Crippen LogP contribution is 2.57. The van der Waals surface area contributed by atoms with E-state index < -0.39 is 17.1 Å². The van der Waals surface area contributed by atoms with Crippen LogP contribution >= 0.6 is 0 Å². The number of carbonyl (C=O) groups is 4. The van der Waals surface area contributed by atoms with Crippen LogP contribution in [0.15, 0.2) is 72.8 Å². The molecule has 0 radical (unpaired) electrons. The van der Waals surface area contributed by atoms with E-state index in [1.54, 1.807) is 30.0 Å². The van der Waals surface area contributed by atoms with Crippen LogP contribution in [0.5, 0.6) is 0 Å². The molecule has 0 spiro atoms. The third-order valence-corrected chi connectivity index (χ3v) is 11.6. The van der Waals surface area contributed by atoms with Crippen molar-refractivity contribution in [2.75, 3.05) is 34.8 Å². The van der Waals surface area contributed by atoms with Crippen LogP contribution in [0.4, 0.5) is 21.9 Å². The van der Waals surface area contributed by atoms with Crippen molar-refractivity contribution in [2.45, 2.75) is 109 Å². The Morgan fingerprint density at radius 3 is 2.29 bits per heavy atom. The Labute approximate surface area is 324 Å². The average Bonchev–Trinajstić information content (AvgIpc) is 3.73. The van der Waals surface area contributed by atoms with Gasteiger partial charge in [-0.15, -0.1) is 0 Å². The molecule has 0 saturated heterocycles. The topological polar surface area (TPSA) is 117 Å². The predicted octanol–water partition coefficient (Wildman–Crippen LogP) is 8.92. The predicted molar refractivity (Wildman–Crippen MR) is 215 cm³/mol. The van der Waals surface area contributed by atoms with Gasteiger partial charge >= 0.3 is 12.1 Å². The number of ether oxygens (including phenoxy) is 2. The summed E-state index contributed by atoms with van der Waals surface area (Å²) in [7, 11) is 0. The fraction of sp³-hybridized carbons (Fsp3) is 0.467. The van der Waals surface area contributed by atoms with Gasteiger partial charge in [0, 0.05) is 42.0 Å². The van der Waals surface area contributed by atoms with Gasteiger partial charge in [-0.25, -0.2) is 9.59 Å². The summed E-state index contributed by atoms with van der Waals surface area (Å²) in [5, 5.41) is 6.23. The summed E-state index contributed by atoms with van der Waals surface area (Å²) in [6.07, 6.45) is 11.4. The van der Waals surface area contributed by atoms with Crippen LogP contribution in [0.3, 0.4) is 0 Å².